The van der Waals surface area contributed by atoms with E-state index in [1.165, 1.54) is 0 Å². The van der Waals surface area contributed by atoms with Crippen molar-refractivity contribution in [3.63, 3.8) is 0 Å². The third-order valence-corrected chi connectivity index (χ3v) is 2.79. The van der Waals surface area contributed by atoms with Gasteiger partial charge in [0.1, 0.15) is 0 Å². The highest BCUT2D eigenvalue weighted by Crippen LogP contribution is 2.15. The first kappa shape index (κ1) is 12.3. The van der Waals surface area contributed by atoms with Gasteiger partial charge in [0, 0.05) is 24.2 Å². The Balaban J connectivity index is 1.99. The average Bonchev–Trinajstić information content (AvgIpc) is 2.75. The van der Waals surface area contributed by atoms with E-state index >= 15 is 0 Å². The number of hydroxylamine groups is 2. The van der Waals surface area contributed by atoms with Gasteiger partial charge in [0.2, 0.25) is 0 Å². The third-order valence-electron chi connectivity index (χ3n) is 2.79. The zero-order chi connectivity index (χ0) is 13.3. The molecule has 0 unspecified atom stereocenters. The highest BCUT2D eigenvalue weighted by Gasteiger charge is 2.32. The van der Waals surface area contributed by atoms with Crippen LogP contribution in [0.3, 0.4) is 0 Å². The molecule has 0 aromatic carbocycles. The van der Waals surface area contributed by atoms with Crippen molar-refractivity contribution in [2.45, 2.75) is 33.1 Å². The molecular formula is C12H14N2O4. The van der Waals surface area contributed by atoms with Gasteiger partial charge in [-0.1, -0.05) is 0 Å². The number of H-pyrrole nitrogens is 1. The number of carbonyl (C=O) groups is 3. The quantitative estimate of drug-likeness (QED) is 0.804. The van der Waals surface area contributed by atoms with Gasteiger partial charge in [0.25, 0.3) is 11.8 Å². The molecule has 0 aliphatic carbocycles. The lowest BCUT2D eigenvalue weighted by molar-refractivity contribution is -0.197. The number of nitrogens with zero attached hydrogens (tertiary/aromatic N) is 1. The standard InChI is InChI=1S/C12H14N2O4/c1-7-5-9(8(2)13-7)6-12(17)18-14-10(15)3-4-11(14)16/h5,13H,3-4,6H2,1-2H3. The first-order valence-electron chi connectivity index (χ1n) is 5.69. The molecule has 2 amide bonds. The summed E-state index contributed by atoms with van der Waals surface area (Å²) in [7, 11) is 0. The molecule has 1 aliphatic heterocycles. The molecule has 6 nitrogen and oxygen atoms in total. The van der Waals surface area contributed by atoms with Crippen molar-refractivity contribution >= 4 is 17.8 Å². The molecule has 1 aliphatic rings. The fourth-order valence-electron chi connectivity index (χ4n) is 1.91. The van der Waals surface area contributed by atoms with E-state index < -0.39 is 17.8 Å². The van der Waals surface area contributed by atoms with E-state index in [1.54, 1.807) is 0 Å². The highest BCUT2D eigenvalue weighted by atomic mass is 16.7. The van der Waals surface area contributed by atoms with E-state index in [0.29, 0.717) is 5.06 Å². The summed E-state index contributed by atoms with van der Waals surface area (Å²) >= 11 is 0. The fraction of sp³-hybridized carbons (Fsp3) is 0.417. The van der Waals surface area contributed by atoms with Crippen LogP contribution in [0.4, 0.5) is 0 Å². The number of hydrogen-bond acceptors (Lipinski definition) is 4. The average molecular weight is 250 g/mol. The van der Waals surface area contributed by atoms with Gasteiger partial charge >= 0.3 is 5.97 Å². The highest BCUT2D eigenvalue weighted by molar-refractivity contribution is 6.01. The monoisotopic (exact) mass is 250 g/mol. The van der Waals surface area contributed by atoms with Gasteiger partial charge in [-0.25, -0.2) is 4.79 Å². The van der Waals surface area contributed by atoms with Crippen LogP contribution < -0.4 is 0 Å². The SMILES string of the molecule is Cc1cc(CC(=O)ON2C(=O)CCC2=O)c(C)[nH]1. The Morgan fingerprint density at radius 3 is 2.44 bits per heavy atom. The Morgan fingerprint density at radius 2 is 1.94 bits per heavy atom. The van der Waals surface area contributed by atoms with Crippen LogP contribution in [-0.4, -0.2) is 27.8 Å². The largest absolute Gasteiger partial charge is 0.362 e. The Hall–Kier alpha value is -2.11. The topological polar surface area (TPSA) is 79.5 Å². The number of rotatable bonds is 3. The summed E-state index contributed by atoms with van der Waals surface area (Å²) in [4.78, 5) is 42.0. The third kappa shape index (κ3) is 2.42. The van der Waals surface area contributed by atoms with Crippen LogP contribution in [0.15, 0.2) is 6.07 Å². The van der Waals surface area contributed by atoms with Crippen molar-refractivity contribution in [1.82, 2.24) is 10.0 Å². The van der Waals surface area contributed by atoms with E-state index in [2.05, 4.69) is 4.98 Å². The summed E-state index contributed by atoms with van der Waals surface area (Å²) in [6.45, 7) is 3.73. The fourth-order valence-corrected chi connectivity index (χ4v) is 1.91. The number of nitrogens with one attached hydrogen (secondary N) is 1. The second kappa shape index (κ2) is 4.64. The molecule has 1 saturated heterocycles. The van der Waals surface area contributed by atoms with Crippen LogP contribution >= 0.6 is 0 Å². The van der Waals surface area contributed by atoms with Crippen molar-refractivity contribution in [2.24, 2.45) is 0 Å². The lowest BCUT2D eigenvalue weighted by Gasteiger charge is -2.12. The minimum atomic E-state index is -0.610. The number of amides is 2. The lowest BCUT2D eigenvalue weighted by Crippen LogP contribution is -2.32. The number of aryl methyl sites for hydroxylation is 2. The van der Waals surface area contributed by atoms with Crippen molar-refractivity contribution < 1.29 is 19.2 Å². The number of imide groups is 1. The molecule has 1 fully saturated rings. The van der Waals surface area contributed by atoms with Crippen LogP contribution in [-0.2, 0) is 25.6 Å². The Labute approximate surface area is 104 Å². The van der Waals surface area contributed by atoms with Crippen molar-refractivity contribution in [2.75, 3.05) is 0 Å². The van der Waals surface area contributed by atoms with Crippen molar-refractivity contribution in [3.8, 4) is 0 Å². The number of hydrogen-bond donors (Lipinski definition) is 1. The summed E-state index contributed by atoms with van der Waals surface area (Å²) in [5.74, 6) is -1.54. The molecule has 2 heterocycles. The molecule has 1 N–H and O–H groups in total. The lowest BCUT2D eigenvalue weighted by atomic mass is 10.2. The van der Waals surface area contributed by atoms with Gasteiger partial charge in [-0.2, -0.15) is 0 Å². The van der Waals surface area contributed by atoms with Crippen LogP contribution in [0.25, 0.3) is 0 Å². The maximum atomic E-state index is 11.6. The Kier molecular flexibility index (Phi) is 3.18. The summed E-state index contributed by atoms with van der Waals surface area (Å²) in [5, 5.41) is 0.567. The smallest absolute Gasteiger partial charge is 0.337 e. The summed E-state index contributed by atoms with van der Waals surface area (Å²) < 4.78 is 0. The Bertz CT molecular complexity index is 502. The number of aromatic amines is 1. The van der Waals surface area contributed by atoms with Gasteiger partial charge in [0.05, 0.1) is 6.42 Å². The van der Waals surface area contributed by atoms with E-state index in [9.17, 15) is 14.4 Å². The van der Waals surface area contributed by atoms with Gasteiger partial charge < -0.3 is 9.82 Å². The van der Waals surface area contributed by atoms with Gasteiger partial charge in [-0.3, -0.25) is 9.59 Å². The van der Waals surface area contributed by atoms with Crippen LogP contribution in [0.2, 0.25) is 0 Å². The zero-order valence-corrected chi connectivity index (χ0v) is 10.3. The maximum absolute atomic E-state index is 11.6. The second-order valence-corrected chi connectivity index (χ2v) is 4.32. The first-order chi connectivity index (χ1) is 8.47. The molecule has 18 heavy (non-hydrogen) atoms. The second-order valence-electron chi connectivity index (χ2n) is 4.32. The summed E-state index contributed by atoms with van der Waals surface area (Å²) in [6, 6.07) is 1.84. The number of aromatic nitrogens is 1. The molecule has 0 saturated carbocycles. The molecule has 2 rings (SSSR count). The molecule has 0 bridgehead atoms. The molecule has 96 valence electrons. The van der Waals surface area contributed by atoms with Gasteiger partial charge in [0.15, 0.2) is 0 Å². The van der Waals surface area contributed by atoms with Crippen molar-refractivity contribution in [3.05, 3.63) is 23.0 Å². The minimum Gasteiger partial charge on any atom is -0.362 e. The zero-order valence-electron chi connectivity index (χ0n) is 10.3. The predicted octanol–water partition coefficient (Wildman–Crippen LogP) is 0.781. The van der Waals surface area contributed by atoms with E-state index in [1.807, 2.05) is 19.9 Å². The molecule has 0 radical (unpaired) electrons. The van der Waals surface area contributed by atoms with E-state index in [0.717, 1.165) is 17.0 Å². The summed E-state index contributed by atoms with van der Waals surface area (Å²) in [6.07, 6.45) is 0.246. The van der Waals surface area contributed by atoms with Crippen LogP contribution in [0, 0.1) is 13.8 Å². The number of carbonyl (C=O) groups excluding carboxylic acids is 3. The minimum absolute atomic E-state index is 0.0350. The first-order valence-corrected chi connectivity index (χ1v) is 5.69. The summed E-state index contributed by atoms with van der Waals surface area (Å²) in [5.41, 5.74) is 2.63. The molecule has 0 atom stereocenters. The normalized spacial score (nSPS) is 15.3. The molecule has 1 aromatic heterocycles. The van der Waals surface area contributed by atoms with Crippen LogP contribution in [0.5, 0.6) is 0 Å². The Morgan fingerprint density at radius 1 is 1.33 bits per heavy atom. The van der Waals surface area contributed by atoms with Gasteiger partial charge in [-0.15, -0.1) is 5.06 Å². The molecular weight excluding hydrogens is 236 g/mol. The molecule has 6 heteroatoms. The predicted molar refractivity (Wildman–Crippen MR) is 61.1 cm³/mol. The molecule has 0 spiro atoms. The van der Waals surface area contributed by atoms with E-state index in [4.69, 9.17) is 4.84 Å². The van der Waals surface area contributed by atoms with Crippen LogP contribution in [0.1, 0.15) is 29.8 Å². The maximum Gasteiger partial charge on any atom is 0.337 e. The van der Waals surface area contributed by atoms with Gasteiger partial charge in [-0.05, 0) is 25.5 Å². The molecule has 1 aromatic rings. The van der Waals surface area contributed by atoms with E-state index in [-0.39, 0.29) is 19.3 Å². The van der Waals surface area contributed by atoms with Crippen molar-refractivity contribution in [1.29, 1.82) is 0 Å².